The molecule has 2 amide bonds. The van der Waals surface area contributed by atoms with Crippen LogP contribution in [0.4, 0.5) is 0 Å². The average Bonchev–Trinajstić information content (AvgIpc) is 3.41. The third-order valence-electron chi connectivity index (χ3n) is 6.10. The predicted molar refractivity (Wildman–Crippen MR) is 132 cm³/mol. The van der Waals surface area contributed by atoms with Gasteiger partial charge in [-0.3, -0.25) is 14.6 Å². The number of para-hydroxylation sites is 1. The Balaban J connectivity index is 1.42. The number of ether oxygens (including phenoxy) is 1. The molecule has 3 aromatic rings. The molecule has 8 heteroatoms. The normalized spacial score (nSPS) is 13.8. The number of aryl methyl sites for hydroxylation is 1. The minimum atomic E-state index is -0.493. The Morgan fingerprint density at radius 2 is 1.74 bits per heavy atom. The third-order valence-corrected chi connectivity index (χ3v) is 6.96. The van der Waals surface area contributed by atoms with Crippen molar-refractivity contribution >= 4 is 40.0 Å². The average molecular weight is 480 g/mol. The monoisotopic (exact) mass is 479 g/mol. The fourth-order valence-electron chi connectivity index (χ4n) is 4.37. The van der Waals surface area contributed by atoms with Crippen LogP contribution in [0, 0.1) is 0 Å². The number of benzene rings is 1. The molecule has 1 aromatic carbocycles. The number of aromatic nitrogens is 1. The van der Waals surface area contributed by atoms with Crippen molar-refractivity contribution in [1.29, 1.82) is 0 Å². The van der Waals surface area contributed by atoms with E-state index >= 15 is 0 Å². The van der Waals surface area contributed by atoms with Crippen LogP contribution in [0.3, 0.4) is 0 Å². The third kappa shape index (κ3) is 4.97. The summed E-state index contributed by atoms with van der Waals surface area (Å²) < 4.78 is 5.52. The predicted octanol–water partition coefficient (Wildman–Crippen LogP) is 3.95. The number of carbonyl (C=O) groups excluding carboxylic acids is 3. The lowest BCUT2D eigenvalue weighted by Crippen LogP contribution is -2.51. The fraction of sp³-hybridized carbons (Fsp3) is 0.385. The lowest BCUT2D eigenvalue weighted by molar-refractivity contribution is -0.136. The summed E-state index contributed by atoms with van der Waals surface area (Å²) in [6.45, 7) is 5.54. The molecule has 0 radical (unpaired) electrons. The first-order valence-corrected chi connectivity index (χ1v) is 12.6. The molecule has 1 aliphatic heterocycles. The van der Waals surface area contributed by atoms with Crippen molar-refractivity contribution < 1.29 is 19.1 Å². The maximum absolute atomic E-state index is 13.2. The van der Waals surface area contributed by atoms with E-state index in [-0.39, 0.29) is 18.4 Å². The van der Waals surface area contributed by atoms with Crippen LogP contribution in [0.25, 0.3) is 10.9 Å². The van der Waals surface area contributed by atoms with Crippen molar-refractivity contribution in [3.8, 4) is 0 Å². The second-order valence-electron chi connectivity index (χ2n) is 8.26. The van der Waals surface area contributed by atoms with Gasteiger partial charge in [-0.25, -0.2) is 4.79 Å². The number of esters is 1. The van der Waals surface area contributed by atoms with Crippen molar-refractivity contribution in [2.75, 3.05) is 32.8 Å². The van der Waals surface area contributed by atoms with Crippen molar-refractivity contribution in [3.05, 3.63) is 63.5 Å². The molecular formula is C26H29N3O4S. The summed E-state index contributed by atoms with van der Waals surface area (Å²) in [5.41, 5.74) is 3.07. The van der Waals surface area contributed by atoms with Crippen LogP contribution in [-0.4, -0.2) is 65.4 Å². The number of thiophene rings is 1. The minimum Gasteiger partial charge on any atom is -0.452 e. The van der Waals surface area contributed by atoms with E-state index in [4.69, 9.17) is 9.72 Å². The van der Waals surface area contributed by atoms with E-state index in [0.717, 1.165) is 35.0 Å². The highest BCUT2D eigenvalue weighted by molar-refractivity contribution is 7.12. The van der Waals surface area contributed by atoms with Crippen LogP contribution in [0.1, 0.15) is 51.6 Å². The Morgan fingerprint density at radius 1 is 1.00 bits per heavy atom. The minimum absolute atomic E-state index is 0.00642. The molecule has 0 unspecified atom stereocenters. The first-order chi connectivity index (χ1) is 16.5. The lowest BCUT2D eigenvalue weighted by atomic mass is 9.96. The first kappa shape index (κ1) is 23.9. The van der Waals surface area contributed by atoms with Gasteiger partial charge in [-0.05, 0) is 35.9 Å². The van der Waals surface area contributed by atoms with Crippen molar-refractivity contribution in [3.63, 3.8) is 0 Å². The number of fused-ring (bicyclic) bond motifs is 1. The van der Waals surface area contributed by atoms with Gasteiger partial charge in [0.2, 0.25) is 0 Å². The van der Waals surface area contributed by atoms with Gasteiger partial charge >= 0.3 is 5.97 Å². The number of rotatable bonds is 7. The summed E-state index contributed by atoms with van der Waals surface area (Å²) in [5, 5.41) is 2.63. The van der Waals surface area contributed by atoms with E-state index in [9.17, 15) is 14.4 Å². The molecule has 2 aromatic heterocycles. The number of hydrogen-bond donors (Lipinski definition) is 0. The van der Waals surface area contributed by atoms with E-state index in [1.807, 2.05) is 48.7 Å². The Morgan fingerprint density at radius 3 is 2.41 bits per heavy atom. The number of carbonyl (C=O) groups is 3. The van der Waals surface area contributed by atoms with Gasteiger partial charge in [-0.1, -0.05) is 44.5 Å². The zero-order chi connectivity index (χ0) is 24.1. The highest BCUT2D eigenvalue weighted by atomic mass is 32.1. The van der Waals surface area contributed by atoms with Crippen LogP contribution in [0.15, 0.2) is 41.8 Å². The first-order valence-electron chi connectivity index (χ1n) is 11.7. The maximum Gasteiger partial charge on any atom is 0.339 e. The highest BCUT2D eigenvalue weighted by Gasteiger charge is 2.27. The second kappa shape index (κ2) is 10.8. The molecule has 0 saturated carbocycles. The standard InChI is InChI=1S/C26H29N3O4S/c1-3-8-20-18(4-2)24(19-9-5-6-10-21(19)27-20)26(32)33-17-23(30)28-12-14-29(15-13-28)25(31)22-11-7-16-34-22/h5-7,9-11,16H,3-4,8,12-15,17H2,1-2H3. The van der Waals surface area contributed by atoms with E-state index in [1.54, 1.807) is 9.80 Å². The molecule has 0 bridgehead atoms. The molecule has 178 valence electrons. The molecule has 0 N–H and O–H groups in total. The van der Waals surface area contributed by atoms with Gasteiger partial charge in [0.15, 0.2) is 6.61 Å². The van der Waals surface area contributed by atoms with Crippen LogP contribution < -0.4 is 0 Å². The molecule has 0 spiro atoms. The van der Waals surface area contributed by atoms with Crippen LogP contribution >= 0.6 is 11.3 Å². The summed E-state index contributed by atoms with van der Waals surface area (Å²) in [6, 6.07) is 11.2. The SMILES string of the molecule is CCCc1nc2ccccc2c(C(=O)OCC(=O)N2CCN(C(=O)c3cccs3)CC2)c1CC. The van der Waals surface area contributed by atoms with Gasteiger partial charge in [0.25, 0.3) is 11.8 Å². The van der Waals surface area contributed by atoms with E-state index in [1.165, 1.54) is 11.3 Å². The van der Waals surface area contributed by atoms with Gasteiger partial charge < -0.3 is 14.5 Å². The second-order valence-corrected chi connectivity index (χ2v) is 9.21. The van der Waals surface area contributed by atoms with Crippen LogP contribution in [-0.2, 0) is 22.4 Å². The van der Waals surface area contributed by atoms with E-state index in [2.05, 4.69) is 6.92 Å². The number of nitrogens with zero attached hydrogens (tertiary/aromatic N) is 3. The molecule has 0 atom stereocenters. The van der Waals surface area contributed by atoms with Crippen molar-refractivity contribution in [2.45, 2.75) is 33.1 Å². The van der Waals surface area contributed by atoms with Gasteiger partial charge in [0, 0.05) is 37.3 Å². The Bertz CT molecular complexity index is 1180. The topological polar surface area (TPSA) is 79.8 Å². The van der Waals surface area contributed by atoms with Crippen LogP contribution in [0.2, 0.25) is 0 Å². The number of piperazine rings is 1. The largest absolute Gasteiger partial charge is 0.452 e. The van der Waals surface area contributed by atoms with Crippen molar-refractivity contribution in [2.24, 2.45) is 0 Å². The zero-order valence-corrected chi connectivity index (χ0v) is 20.4. The molecule has 7 nitrogen and oxygen atoms in total. The molecule has 3 heterocycles. The molecule has 4 rings (SSSR count). The van der Waals surface area contributed by atoms with E-state index in [0.29, 0.717) is 43.0 Å². The van der Waals surface area contributed by atoms with Crippen molar-refractivity contribution in [1.82, 2.24) is 14.8 Å². The number of pyridine rings is 1. The van der Waals surface area contributed by atoms with Crippen LogP contribution in [0.5, 0.6) is 0 Å². The van der Waals surface area contributed by atoms with Gasteiger partial charge in [-0.2, -0.15) is 0 Å². The lowest BCUT2D eigenvalue weighted by Gasteiger charge is -2.34. The summed E-state index contributed by atoms with van der Waals surface area (Å²) in [4.78, 5) is 47.3. The summed E-state index contributed by atoms with van der Waals surface area (Å²) in [5.74, 6) is -0.748. The smallest absolute Gasteiger partial charge is 0.339 e. The van der Waals surface area contributed by atoms with Gasteiger partial charge in [0.1, 0.15) is 0 Å². The molecular weight excluding hydrogens is 450 g/mol. The summed E-state index contributed by atoms with van der Waals surface area (Å²) in [6.07, 6.45) is 2.36. The summed E-state index contributed by atoms with van der Waals surface area (Å²) >= 11 is 1.41. The Hall–Kier alpha value is -3.26. The molecule has 0 aliphatic carbocycles. The zero-order valence-electron chi connectivity index (χ0n) is 19.6. The maximum atomic E-state index is 13.2. The quantitative estimate of drug-likeness (QED) is 0.480. The van der Waals surface area contributed by atoms with Gasteiger partial charge in [-0.15, -0.1) is 11.3 Å². The number of amides is 2. The molecule has 1 saturated heterocycles. The molecule has 34 heavy (non-hydrogen) atoms. The Kier molecular flexibility index (Phi) is 7.57. The van der Waals surface area contributed by atoms with Gasteiger partial charge in [0.05, 0.1) is 16.0 Å². The van der Waals surface area contributed by atoms with E-state index < -0.39 is 5.97 Å². The summed E-state index contributed by atoms with van der Waals surface area (Å²) in [7, 11) is 0. The Labute approximate surface area is 203 Å². The molecule has 1 aliphatic rings. The fourth-order valence-corrected chi connectivity index (χ4v) is 5.06. The number of hydrogen-bond acceptors (Lipinski definition) is 6. The highest BCUT2D eigenvalue weighted by Crippen LogP contribution is 2.26. The molecule has 1 fully saturated rings.